The van der Waals surface area contributed by atoms with Gasteiger partial charge in [0.1, 0.15) is 0 Å². The number of halogens is 1. The predicted octanol–water partition coefficient (Wildman–Crippen LogP) is 4.76. The molecule has 1 aromatic heterocycles. The summed E-state index contributed by atoms with van der Waals surface area (Å²) in [6.45, 7) is 8.46. The molecule has 0 N–H and O–H groups in total. The van der Waals surface area contributed by atoms with Crippen LogP contribution in [-0.4, -0.2) is 16.8 Å². The molecule has 1 amide bonds. The Balaban J connectivity index is 2.15. The van der Waals surface area contributed by atoms with E-state index in [-0.39, 0.29) is 17.9 Å². The second kappa shape index (κ2) is 5.90. The van der Waals surface area contributed by atoms with Gasteiger partial charge in [0.05, 0.1) is 10.9 Å². The number of aryl methyl sites for hydroxylation is 1. The summed E-state index contributed by atoms with van der Waals surface area (Å²) < 4.78 is 0.781. The predicted molar refractivity (Wildman–Crippen MR) is 92.6 cm³/mol. The van der Waals surface area contributed by atoms with Gasteiger partial charge < -0.3 is 4.90 Å². The molecule has 22 heavy (non-hydrogen) atoms. The van der Waals surface area contributed by atoms with Crippen molar-refractivity contribution in [3.8, 4) is 0 Å². The Kier molecular flexibility index (Phi) is 4.11. The first-order chi connectivity index (χ1) is 10.5. The molecule has 2 nitrogen and oxygen atoms in total. The zero-order valence-corrected chi connectivity index (χ0v) is 14.2. The van der Waals surface area contributed by atoms with Crippen LogP contribution in [0.2, 0.25) is 4.34 Å². The highest BCUT2D eigenvalue weighted by atomic mass is 35.5. The summed E-state index contributed by atoms with van der Waals surface area (Å²) in [5.74, 6) is 0.124. The Bertz CT molecular complexity index is 736. The maximum absolute atomic E-state index is 12.2. The third-order valence-electron chi connectivity index (χ3n) is 4.42. The van der Waals surface area contributed by atoms with Gasteiger partial charge in [-0.1, -0.05) is 42.4 Å². The van der Waals surface area contributed by atoms with Gasteiger partial charge in [0, 0.05) is 16.8 Å². The number of rotatable bonds is 2. The maximum atomic E-state index is 12.2. The van der Waals surface area contributed by atoms with Crippen LogP contribution < -0.4 is 0 Å². The third-order valence-corrected chi connectivity index (χ3v) is 5.68. The third kappa shape index (κ3) is 2.49. The van der Waals surface area contributed by atoms with E-state index >= 15 is 0 Å². The molecule has 2 aromatic rings. The SMILES string of the molecule is C=CC(=O)N1Cc2sc(Cl)cc2[C@H](c2ccccc2C)[C@@H]1C. The molecule has 1 aliphatic heterocycles. The molecule has 0 aliphatic carbocycles. The zero-order chi connectivity index (χ0) is 15.9. The van der Waals surface area contributed by atoms with E-state index in [9.17, 15) is 4.79 Å². The Morgan fingerprint density at radius 2 is 2.14 bits per heavy atom. The van der Waals surface area contributed by atoms with Crippen LogP contribution in [0.4, 0.5) is 0 Å². The molecule has 4 heteroatoms. The summed E-state index contributed by atoms with van der Waals surface area (Å²) in [4.78, 5) is 15.3. The molecule has 3 rings (SSSR count). The minimum atomic E-state index is -0.0266. The molecule has 2 atom stereocenters. The summed E-state index contributed by atoms with van der Waals surface area (Å²) in [5.41, 5.74) is 3.75. The molecule has 0 saturated heterocycles. The second-order valence-corrected chi connectivity index (χ2v) is 7.44. The quantitative estimate of drug-likeness (QED) is 0.727. The highest BCUT2D eigenvalue weighted by Crippen LogP contribution is 2.44. The van der Waals surface area contributed by atoms with Crippen molar-refractivity contribution in [2.45, 2.75) is 32.4 Å². The number of carbonyl (C=O) groups is 1. The molecule has 114 valence electrons. The highest BCUT2D eigenvalue weighted by molar-refractivity contribution is 7.16. The molecule has 0 saturated carbocycles. The smallest absolute Gasteiger partial charge is 0.246 e. The Morgan fingerprint density at radius 1 is 1.41 bits per heavy atom. The van der Waals surface area contributed by atoms with Gasteiger partial charge in [-0.2, -0.15) is 0 Å². The summed E-state index contributed by atoms with van der Waals surface area (Å²) in [7, 11) is 0. The van der Waals surface area contributed by atoms with Crippen LogP contribution in [0.5, 0.6) is 0 Å². The van der Waals surface area contributed by atoms with Crippen LogP contribution in [0.25, 0.3) is 0 Å². The van der Waals surface area contributed by atoms with Gasteiger partial charge in [-0.25, -0.2) is 0 Å². The molecule has 2 heterocycles. The standard InChI is InChI=1S/C18H18ClNOS/c1-4-17(21)20-10-15-14(9-16(19)22-15)18(12(20)3)13-8-6-5-7-11(13)2/h4-9,12,18H,1,10H2,2-3H3/t12-,18-/m0/s1. The van der Waals surface area contributed by atoms with Crippen LogP contribution >= 0.6 is 22.9 Å². The van der Waals surface area contributed by atoms with E-state index in [0.717, 1.165) is 4.34 Å². The van der Waals surface area contributed by atoms with Gasteiger partial charge in [-0.15, -0.1) is 11.3 Å². The summed E-state index contributed by atoms with van der Waals surface area (Å²) >= 11 is 7.81. The molecule has 0 spiro atoms. The van der Waals surface area contributed by atoms with Crippen LogP contribution in [0.3, 0.4) is 0 Å². The number of benzene rings is 1. The molecule has 1 aromatic carbocycles. The Hall–Kier alpha value is -1.58. The fourth-order valence-electron chi connectivity index (χ4n) is 3.29. The van der Waals surface area contributed by atoms with E-state index in [1.807, 2.05) is 11.0 Å². The first-order valence-electron chi connectivity index (χ1n) is 7.29. The molecule has 1 aliphatic rings. The molecular weight excluding hydrogens is 314 g/mol. The fourth-order valence-corrected chi connectivity index (χ4v) is 4.62. The van der Waals surface area contributed by atoms with E-state index in [4.69, 9.17) is 11.6 Å². The molecule has 0 fully saturated rings. The number of hydrogen-bond donors (Lipinski definition) is 0. The lowest BCUT2D eigenvalue weighted by Gasteiger charge is -2.39. The second-order valence-electron chi connectivity index (χ2n) is 5.67. The average Bonchev–Trinajstić information content (AvgIpc) is 2.87. The van der Waals surface area contributed by atoms with Gasteiger partial charge in [0.15, 0.2) is 0 Å². The van der Waals surface area contributed by atoms with Crippen molar-refractivity contribution in [1.29, 1.82) is 0 Å². The van der Waals surface area contributed by atoms with Gasteiger partial charge in [-0.3, -0.25) is 4.79 Å². The normalized spacial score (nSPS) is 20.6. The van der Waals surface area contributed by atoms with Crippen LogP contribution in [0.1, 0.15) is 34.4 Å². The molecule has 0 radical (unpaired) electrons. The highest BCUT2D eigenvalue weighted by Gasteiger charge is 2.36. The van der Waals surface area contributed by atoms with E-state index in [0.29, 0.717) is 6.54 Å². The van der Waals surface area contributed by atoms with E-state index in [2.05, 4.69) is 44.7 Å². The van der Waals surface area contributed by atoms with Crippen LogP contribution in [0, 0.1) is 6.92 Å². The zero-order valence-electron chi connectivity index (χ0n) is 12.7. The summed E-state index contributed by atoms with van der Waals surface area (Å²) in [6.07, 6.45) is 1.39. The fraction of sp³-hybridized carbons (Fsp3) is 0.278. The van der Waals surface area contributed by atoms with Gasteiger partial charge in [0.2, 0.25) is 5.91 Å². The number of amides is 1. The lowest BCUT2D eigenvalue weighted by Crippen LogP contribution is -2.44. The van der Waals surface area contributed by atoms with Crippen molar-refractivity contribution in [2.75, 3.05) is 0 Å². The molecular formula is C18H18ClNOS. The van der Waals surface area contributed by atoms with Crippen LogP contribution in [0.15, 0.2) is 43.0 Å². The van der Waals surface area contributed by atoms with Crippen LogP contribution in [-0.2, 0) is 11.3 Å². The van der Waals surface area contributed by atoms with Gasteiger partial charge in [0.25, 0.3) is 0 Å². The van der Waals surface area contributed by atoms with Crippen molar-refractivity contribution in [3.05, 3.63) is 68.9 Å². The Morgan fingerprint density at radius 3 is 2.82 bits per heavy atom. The van der Waals surface area contributed by atoms with Crippen molar-refractivity contribution >= 4 is 28.8 Å². The van der Waals surface area contributed by atoms with E-state index < -0.39 is 0 Å². The number of thiophene rings is 1. The van der Waals surface area contributed by atoms with Crippen molar-refractivity contribution in [3.63, 3.8) is 0 Å². The van der Waals surface area contributed by atoms with Crippen molar-refractivity contribution in [2.24, 2.45) is 0 Å². The van der Waals surface area contributed by atoms with Gasteiger partial charge in [-0.05, 0) is 42.7 Å². The van der Waals surface area contributed by atoms with E-state index in [1.54, 1.807) is 11.3 Å². The lowest BCUT2D eigenvalue weighted by atomic mass is 9.81. The lowest BCUT2D eigenvalue weighted by molar-refractivity contribution is -0.129. The van der Waals surface area contributed by atoms with Gasteiger partial charge >= 0.3 is 0 Å². The minimum absolute atomic E-state index is 0.0266. The largest absolute Gasteiger partial charge is 0.330 e. The van der Waals surface area contributed by atoms with Crippen molar-refractivity contribution < 1.29 is 4.79 Å². The van der Waals surface area contributed by atoms with Crippen molar-refractivity contribution in [1.82, 2.24) is 4.90 Å². The molecule has 0 bridgehead atoms. The Labute approximate surface area is 140 Å². The summed E-state index contributed by atoms with van der Waals surface area (Å²) in [6, 6.07) is 10.5. The topological polar surface area (TPSA) is 20.3 Å². The minimum Gasteiger partial charge on any atom is -0.330 e. The number of carbonyl (C=O) groups excluding carboxylic acids is 1. The first kappa shape index (κ1) is 15.3. The van der Waals surface area contributed by atoms with E-state index in [1.165, 1.54) is 27.6 Å². The average molecular weight is 332 g/mol. The number of nitrogens with zero attached hydrogens (tertiary/aromatic N) is 1. The maximum Gasteiger partial charge on any atom is 0.246 e. The number of hydrogen-bond acceptors (Lipinski definition) is 2. The monoisotopic (exact) mass is 331 g/mol. The number of fused-ring (bicyclic) bond motifs is 1. The summed E-state index contributed by atoms with van der Waals surface area (Å²) in [5, 5.41) is 0. The first-order valence-corrected chi connectivity index (χ1v) is 8.49. The molecule has 0 unspecified atom stereocenters.